The summed E-state index contributed by atoms with van der Waals surface area (Å²) in [5.74, 6) is 0. The zero-order chi connectivity index (χ0) is 6.97. The maximum atomic E-state index is 3.91. The predicted molar refractivity (Wildman–Crippen MR) is 45.4 cm³/mol. The van der Waals surface area contributed by atoms with E-state index >= 15 is 0 Å². The molecular formula is C9H7S. The van der Waals surface area contributed by atoms with E-state index in [2.05, 4.69) is 35.9 Å². The van der Waals surface area contributed by atoms with Crippen LogP contribution in [-0.2, 0) is 0 Å². The molecule has 1 heterocycles. The van der Waals surface area contributed by atoms with Crippen molar-refractivity contribution in [3.05, 3.63) is 41.4 Å². The molecule has 0 nitrogen and oxygen atoms in total. The van der Waals surface area contributed by atoms with Gasteiger partial charge >= 0.3 is 0 Å². The van der Waals surface area contributed by atoms with Crippen molar-refractivity contribution in [2.75, 3.05) is 0 Å². The lowest BCUT2D eigenvalue weighted by Crippen LogP contribution is -1.70. The van der Waals surface area contributed by atoms with E-state index in [1.165, 1.54) is 11.1 Å². The van der Waals surface area contributed by atoms with Gasteiger partial charge in [-0.2, -0.15) is 11.3 Å². The number of rotatable bonds is 0. The standard InChI is InChI=1S/C9H7S/c1-7-2-3-8-6-10-5-4-9(7)8/h2-6H,1H2. The molecule has 0 N–H and O–H groups in total. The summed E-state index contributed by atoms with van der Waals surface area (Å²) in [6, 6.07) is 6.27. The van der Waals surface area contributed by atoms with Crippen molar-refractivity contribution >= 4 is 11.3 Å². The minimum atomic E-state index is 1.13. The Hall–Kier alpha value is -0.820. The highest BCUT2D eigenvalue weighted by atomic mass is 32.1. The highest BCUT2D eigenvalue weighted by Gasteiger charge is 2.02. The lowest BCUT2D eigenvalue weighted by atomic mass is 10.1. The van der Waals surface area contributed by atoms with Gasteiger partial charge in [-0.05, 0) is 40.4 Å². The van der Waals surface area contributed by atoms with Gasteiger partial charge in [-0.15, -0.1) is 0 Å². The summed E-state index contributed by atoms with van der Waals surface area (Å²) >= 11 is 1.72. The fourth-order valence-electron chi connectivity index (χ4n) is 1.08. The Morgan fingerprint density at radius 2 is 2.10 bits per heavy atom. The van der Waals surface area contributed by atoms with Crippen molar-refractivity contribution in [2.24, 2.45) is 0 Å². The molecule has 0 saturated carbocycles. The van der Waals surface area contributed by atoms with Crippen molar-refractivity contribution in [3.8, 4) is 11.1 Å². The van der Waals surface area contributed by atoms with Crippen LogP contribution >= 0.6 is 11.3 Å². The topological polar surface area (TPSA) is 0 Å². The fraction of sp³-hybridized carbons (Fsp3) is 0. The first kappa shape index (κ1) is 5.93. The molecule has 0 saturated heterocycles. The van der Waals surface area contributed by atoms with Gasteiger partial charge in [0.1, 0.15) is 0 Å². The fourth-order valence-corrected chi connectivity index (χ4v) is 1.73. The third kappa shape index (κ3) is 0.745. The van der Waals surface area contributed by atoms with Gasteiger partial charge in [-0.25, -0.2) is 0 Å². The molecule has 1 radical (unpaired) electrons. The molecule has 0 aromatic rings. The monoisotopic (exact) mass is 147 g/mol. The molecule has 2 rings (SSSR count). The van der Waals surface area contributed by atoms with Gasteiger partial charge in [0.05, 0.1) is 0 Å². The first-order valence-electron chi connectivity index (χ1n) is 3.15. The Morgan fingerprint density at radius 1 is 1.20 bits per heavy atom. The third-order valence-electron chi connectivity index (χ3n) is 1.63. The average molecular weight is 147 g/mol. The van der Waals surface area contributed by atoms with E-state index in [1.54, 1.807) is 11.3 Å². The summed E-state index contributed by atoms with van der Waals surface area (Å²) in [5, 5.41) is 4.22. The number of hydrogen-bond acceptors (Lipinski definition) is 1. The molecule has 0 aromatic heterocycles. The Bertz CT molecular complexity index is 309. The molecule has 0 aromatic carbocycles. The Morgan fingerprint density at radius 3 is 2.90 bits per heavy atom. The molecule has 0 unspecified atom stereocenters. The summed E-state index contributed by atoms with van der Waals surface area (Å²) in [6.07, 6.45) is 0. The molecule has 1 heteroatoms. The van der Waals surface area contributed by atoms with Crippen LogP contribution in [0, 0.1) is 6.92 Å². The van der Waals surface area contributed by atoms with E-state index < -0.39 is 0 Å². The Balaban J connectivity index is 2.78. The van der Waals surface area contributed by atoms with Crippen molar-refractivity contribution in [2.45, 2.75) is 0 Å². The molecule has 0 amide bonds. The van der Waals surface area contributed by atoms with Gasteiger partial charge in [0.15, 0.2) is 0 Å². The molecule has 0 fully saturated rings. The highest BCUT2D eigenvalue weighted by molar-refractivity contribution is 7.07. The van der Waals surface area contributed by atoms with E-state index in [-0.39, 0.29) is 0 Å². The lowest BCUT2D eigenvalue weighted by molar-refractivity contribution is 1.74. The van der Waals surface area contributed by atoms with Crippen molar-refractivity contribution in [1.82, 2.24) is 0 Å². The van der Waals surface area contributed by atoms with Gasteiger partial charge in [-0.1, -0.05) is 12.1 Å². The SMILES string of the molecule is [CH2]c1ccc2csccc1-2. The van der Waals surface area contributed by atoms with Crippen molar-refractivity contribution in [1.29, 1.82) is 0 Å². The molecule has 0 bridgehead atoms. The van der Waals surface area contributed by atoms with Crippen LogP contribution in [0.4, 0.5) is 0 Å². The van der Waals surface area contributed by atoms with Crippen LogP contribution in [0.15, 0.2) is 29.0 Å². The van der Waals surface area contributed by atoms with Gasteiger partial charge in [0.2, 0.25) is 0 Å². The minimum absolute atomic E-state index is 1.13. The minimum Gasteiger partial charge on any atom is -0.152 e. The maximum Gasteiger partial charge on any atom is -0.00149 e. The van der Waals surface area contributed by atoms with E-state index in [0.717, 1.165) is 5.56 Å². The Kier molecular flexibility index (Phi) is 1.24. The van der Waals surface area contributed by atoms with Crippen LogP contribution in [0.2, 0.25) is 0 Å². The number of hydrogen-bond donors (Lipinski definition) is 0. The number of fused-ring (bicyclic) bond motifs is 1. The second kappa shape index (κ2) is 2.10. The van der Waals surface area contributed by atoms with Gasteiger partial charge in [0.25, 0.3) is 0 Å². The van der Waals surface area contributed by atoms with Gasteiger partial charge in [-0.3, -0.25) is 0 Å². The summed E-state index contributed by atoms with van der Waals surface area (Å²) < 4.78 is 0. The van der Waals surface area contributed by atoms with Crippen LogP contribution in [0.25, 0.3) is 11.1 Å². The predicted octanol–water partition coefficient (Wildman–Crippen LogP) is 3.04. The van der Waals surface area contributed by atoms with E-state index in [0.29, 0.717) is 0 Å². The summed E-state index contributed by atoms with van der Waals surface area (Å²) in [7, 11) is 0. The highest BCUT2D eigenvalue weighted by Crippen LogP contribution is 2.27. The molecule has 0 atom stereocenters. The molecular weight excluding hydrogens is 140 g/mol. The molecule has 10 heavy (non-hydrogen) atoms. The van der Waals surface area contributed by atoms with Crippen LogP contribution in [0.3, 0.4) is 0 Å². The first-order chi connectivity index (χ1) is 4.88. The average Bonchev–Trinajstić information content (AvgIpc) is 2.34. The zero-order valence-electron chi connectivity index (χ0n) is 5.50. The summed E-state index contributed by atoms with van der Waals surface area (Å²) in [5.41, 5.74) is 3.71. The van der Waals surface area contributed by atoms with Crippen LogP contribution in [0.5, 0.6) is 0 Å². The van der Waals surface area contributed by atoms with Gasteiger partial charge < -0.3 is 0 Å². The third-order valence-corrected chi connectivity index (χ3v) is 2.31. The molecule has 0 spiro atoms. The summed E-state index contributed by atoms with van der Waals surface area (Å²) in [6.45, 7) is 3.91. The second-order valence-electron chi connectivity index (χ2n) is 2.28. The van der Waals surface area contributed by atoms with Crippen LogP contribution in [0.1, 0.15) is 5.56 Å². The molecule has 49 valence electrons. The zero-order valence-corrected chi connectivity index (χ0v) is 6.32. The molecule has 1 aliphatic heterocycles. The van der Waals surface area contributed by atoms with E-state index in [4.69, 9.17) is 0 Å². The largest absolute Gasteiger partial charge is 0.152 e. The van der Waals surface area contributed by atoms with E-state index in [9.17, 15) is 0 Å². The van der Waals surface area contributed by atoms with Gasteiger partial charge in [0, 0.05) is 0 Å². The maximum absolute atomic E-state index is 3.91. The molecule has 2 aliphatic rings. The van der Waals surface area contributed by atoms with Crippen molar-refractivity contribution in [3.63, 3.8) is 0 Å². The second-order valence-corrected chi connectivity index (χ2v) is 3.06. The van der Waals surface area contributed by atoms with Crippen molar-refractivity contribution < 1.29 is 0 Å². The Labute approximate surface area is 64.5 Å². The quantitative estimate of drug-likeness (QED) is 0.537. The normalized spacial score (nSPS) is 10.5. The van der Waals surface area contributed by atoms with E-state index in [1.807, 2.05) is 0 Å². The smallest absolute Gasteiger partial charge is 0.00149 e. The molecule has 1 aliphatic carbocycles. The lowest BCUT2D eigenvalue weighted by Gasteiger charge is -1.95. The van der Waals surface area contributed by atoms with Crippen LogP contribution < -0.4 is 0 Å². The summed E-state index contributed by atoms with van der Waals surface area (Å²) in [4.78, 5) is 0. The first-order valence-corrected chi connectivity index (χ1v) is 4.09. The van der Waals surface area contributed by atoms with Crippen LogP contribution in [-0.4, -0.2) is 0 Å².